The summed E-state index contributed by atoms with van der Waals surface area (Å²) in [5.74, 6) is 5.13. The molecule has 2 heterocycles. The van der Waals surface area contributed by atoms with Crippen molar-refractivity contribution in [3.05, 3.63) is 34.6 Å². The van der Waals surface area contributed by atoms with Crippen molar-refractivity contribution in [2.45, 2.75) is 11.8 Å². The predicted octanol–water partition coefficient (Wildman–Crippen LogP) is 1.48. The largest absolute Gasteiger partial charge is 0.338 e. The van der Waals surface area contributed by atoms with Crippen molar-refractivity contribution in [1.29, 1.82) is 0 Å². The van der Waals surface area contributed by atoms with Crippen LogP contribution in [-0.2, 0) is 10.2 Å². The average Bonchev–Trinajstić information content (AvgIpc) is 3.36. The minimum Gasteiger partial charge on any atom is -0.338 e. The number of benzene rings is 1. The van der Waals surface area contributed by atoms with E-state index in [4.69, 9.17) is 9.51 Å². The number of hydrogen-bond donors (Lipinski definition) is 2. The van der Waals surface area contributed by atoms with Crippen LogP contribution in [0.5, 0.6) is 0 Å². The van der Waals surface area contributed by atoms with Crippen LogP contribution in [0.1, 0.15) is 12.3 Å². The van der Waals surface area contributed by atoms with Crippen LogP contribution in [-0.4, -0.2) is 25.9 Å². The van der Waals surface area contributed by atoms with Gasteiger partial charge in [0.25, 0.3) is 0 Å². The highest BCUT2D eigenvalue weighted by molar-refractivity contribution is 5.96. The molecular weight excluding hydrogens is 332 g/mol. The molecule has 9 rings (SSSR count). The van der Waals surface area contributed by atoms with Gasteiger partial charge in [0.2, 0.25) is 11.7 Å². The number of carbonyl (C=O) groups excluding carboxylic acids is 1. The number of H-pyrrole nitrogens is 2. The molecule has 4 bridgehead atoms. The number of aromatic nitrogens is 4. The molecule has 6 aliphatic carbocycles. The van der Waals surface area contributed by atoms with Gasteiger partial charge in [-0.15, -0.1) is 0 Å². The Morgan fingerprint density at radius 3 is 2.88 bits per heavy atom. The molecule has 6 aliphatic rings. The number of Topliss-reactive ketones (excluding diaryl/α,β-unsaturated/α-hetero) is 1. The summed E-state index contributed by atoms with van der Waals surface area (Å²) in [7, 11) is 0. The van der Waals surface area contributed by atoms with Crippen molar-refractivity contribution in [1.82, 2.24) is 20.1 Å². The summed E-state index contributed by atoms with van der Waals surface area (Å²) >= 11 is 0. The van der Waals surface area contributed by atoms with Crippen LogP contribution in [0.2, 0.25) is 0 Å². The molecule has 0 radical (unpaired) electrons. The van der Waals surface area contributed by atoms with Gasteiger partial charge < -0.3 is 14.5 Å². The lowest BCUT2D eigenvalue weighted by Gasteiger charge is -2.69. The van der Waals surface area contributed by atoms with E-state index in [2.05, 4.69) is 15.1 Å². The quantitative estimate of drug-likeness (QED) is 0.731. The summed E-state index contributed by atoms with van der Waals surface area (Å²) in [5.41, 5.74) is 1.91. The van der Waals surface area contributed by atoms with Crippen LogP contribution in [0, 0.1) is 41.4 Å². The number of fused-ring (bicyclic) bond motifs is 1. The molecule has 7 heteroatoms. The summed E-state index contributed by atoms with van der Waals surface area (Å²) in [6.07, 6.45) is 1.24. The zero-order valence-electron chi connectivity index (χ0n) is 13.6. The molecule has 7 nitrogen and oxygen atoms in total. The van der Waals surface area contributed by atoms with Gasteiger partial charge in [0.05, 0.1) is 16.4 Å². The Balaban J connectivity index is 1.26. The first-order valence-corrected chi connectivity index (χ1v) is 9.30. The highest BCUT2D eigenvalue weighted by Gasteiger charge is 2.95. The van der Waals surface area contributed by atoms with Gasteiger partial charge in [-0.05, 0) is 54.2 Å². The predicted molar refractivity (Wildman–Crippen MR) is 87.9 cm³/mol. The standard InChI is InChI=1S/C19H14N4O3/c24-15-11-6-4-7-12-10(6)14(15)19(12,13(7)11)17-22-16(23-26-17)5-1-2-8-9(3-5)21-18(25)20-8/h1-3,6-7,10-14H,4H2,(H2,20,21,25). The van der Waals surface area contributed by atoms with Crippen LogP contribution in [0.15, 0.2) is 27.5 Å². The molecule has 0 spiro atoms. The first-order valence-electron chi connectivity index (χ1n) is 9.30. The number of aromatic amines is 2. The number of ketones is 1. The van der Waals surface area contributed by atoms with E-state index in [9.17, 15) is 9.59 Å². The second kappa shape index (κ2) is 3.43. The van der Waals surface area contributed by atoms with Crippen molar-refractivity contribution in [3.8, 4) is 11.4 Å². The van der Waals surface area contributed by atoms with Crippen LogP contribution in [0.4, 0.5) is 0 Å². The molecule has 1 aromatic carbocycles. The zero-order valence-corrected chi connectivity index (χ0v) is 13.6. The summed E-state index contributed by atoms with van der Waals surface area (Å²) in [5, 5.41) is 4.22. The highest BCUT2D eigenvalue weighted by Crippen LogP contribution is 2.92. The SMILES string of the molecule is O=C1C2C3CC4C2C2(c5nc(-c6ccc7[nH]c(=O)[nH]c7c6)no5)C1C3C42. The normalized spacial score (nSPS) is 45.5. The monoisotopic (exact) mass is 346 g/mol. The molecule has 6 saturated carbocycles. The smallest absolute Gasteiger partial charge is 0.323 e. The Bertz CT molecular complexity index is 1240. The number of imidazole rings is 1. The van der Waals surface area contributed by atoms with Crippen molar-refractivity contribution in [3.63, 3.8) is 0 Å². The van der Waals surface area contributed by atoms with Gasteiger partial charge in [-0.3, -0.25) is 4.79 Å². The summed E-state index contributed by atoms with van der Waals surface area (Å²) in [4.78, 5) is 34.4. The second-order valence-corrected chi connectivity index (χ2v) is 8.79. The Kier molecular flexibility index (Phi) is 1.67. The number of carbonyl (C=O) groups is 1. The van der Waals surface area contributed by atoms with Crippen LogP contribution >= 0.6 is 0 Å². The molecule has 2 aromatic heterocycles. The first kappa shape index (κ1) is 12.6. The van der Waals surface area contributed by atoms with Gasteiger partial charge in [0.1, 0.15) is 5.78 Å². The fourth-order valence-electron chi connectivity index (χ4n) is 8.08. The Labute approximate surface area is 146 Å². The lowest BCUT2D eigenvalue weighted by atomic mass is 9.32. The van der Waals surface area contributed by atoms with E-state index >= 15 is 0 Å². The molecule has 26 heavy (non-hydrogen) atoms. The van der Waals surface area contributed by atoms with E-state index < -0.39 is 0 Å². The Morgan fingerprint density at radius 1 is 1.12 bits per heavy atom. The van der Waals surface area contributed by atoms with Gasteiger partial charge in [0.15, 0.2) is 0 Å². The lowest BCUT2D eigenvalue weighted by Crippen LogP contribution is -2.73. The molecule has 6 fully saturated rings. The Morgan fingerprint density at radius 2 is 2.00 bits per heavy atom. The molecule has 2 N–H and O–H groups in total. The summed E-state index contributed by atoms with van der Waals surface area (Å²) < 4.78 is 5.74. The zero-order chi connectivity index (χ0) is 16.9. The van der Waals surface area contributed by atoms with Gasteiger partial charge in [-0.1, -0.05) is 5.16 Å². The average molecular weight is 346 g/mol. The molecule has 0 saturated heterocycles. The lowest BCUT2D eigenvalue weighted by molar-refractivity contribution is -0.214. The van der Waals surface area contributed by atoms with Crippen LogP contribution in [0.25, 0.3) is 22.4 Å². The maximum Gasteiger partial charge on any atom is 0.323 e. The van der Waals surface area contributed by atoms with E-state index in [0.717, 1.165) is 16.6 Å². The molecule has 8 unspecified atom stereocenters. The van der Waals surface area contributed by atoms with Crippen molar-refractivity contribution >= 4 is 16.8 Å². The maximum atomic E-state index is 12.8. The van der Waals surface area contributed by atoms with E-state index in [1.54, 1.807) is 0 Å². The minimum absolute atomic E-state index is 0.137. The van der Waals surface area contributed by atoms with Crippen molar-refractivity contribution < 1.29 is 9.32 Å². The third-order valence-corrected chi connectivity index (χ3v) is 8.43. The summed E-state index contributed by atoms with van der Waals surface area (Å²) in [6.45, 7) is 0. The molecule has 0 aliphatic heterocycles. The van der Waals surface area contributed by atoms with Crippen molar-refractivity contribution in [2.75, 3.05) is 0 Å². The van der Waals surface area contributed by atoms with E-state index in [0.29, 0.717) is 47.1 Å². The van der Waals surface area contributed by atoms with Gasteiger partial charge in [-0.25, -0.2) is 4.79 Å². The molecule has 3 aromatic rings. The van der Waals surface area contributed by atoms with E-state index in [1.807, 2.05) is 18.2 Å². The van der Waals surface area contributed by atoms with E-state index in [-0.39, 0.29) is 22.9 Å². The Hall–Kier alpha value is -2.70. The summed E-state index contributed by atoms with van der Waals surface area (Å²) in [6, 6.07) is 5.57. The number of hydrogen-bond acceptors (Lipinski definition) is 5. The molecule has 0 amide bonds. The molecule has 128 valence electrons. The van der Waals surface area contributed by atoms with Gasteiger partial charge >= 0.3 is 5.69 Å². The van der Waals surface area contributed by atoms with E-state index in [1.165, 1.54) is 6.42 Å². The minimum atomic E-state index is -0.232. The molecular formula is C19H14N4O3. The van der Waals surface area contributed by atoms with Crippen LogP contribution in [0.3, 0.4) is 0 Å². The topological polar surface area (TPSA) is 105 Å². The maximum absolute atomic E-state index is 12.8. The third-order valence-electron chi connectivity index (χ3n) is 8.43. The van der Waals surface area contributed by atoms with Crippen molar-refractivity contribution in [2.24, 2.45) is 41.4 Å². The molecule has 8 atom stereocenters. The van der Waals surface area contributed by atoms with Crippen LogP contribution < -0.4 is 5.69 Å². The third kappa shape index (κ3) is 0.966. The number of nitrogens with zero attached hydrogens (tertiary/aromatic N) is 2. The number of nitrogens with one attached hydrogen (secondary N) is 2. The number of rotatable bonds is 2. The van der Waals surface area contributed by atoms with Gasteiger partial charge in [-0.2, -0.15) is 4.98 Å². The van der Waals surface area contributed by atoms with Gasteiger partial charge in [0, 0.05) is 17.4 Å². The first-order chi connectivity index (χ1) is 12.7. The highest BCUT2D eigenvalue weighted by atomic mass is 16.5. The fraction of sp³-hybridized carbons (Fsp3) is 0.474. The fourth-order valence-corrected chi connectivity index (χ4v) is 8.08. The second-order valence-electron chi connectivity index (χ2n) is 8.79.